The molecule has 13 heteroatoms. The SMILES string of the molecule is CC1CC=CC2=C1N(C(=O)c1ncc(Cl)cc1NS(=O)(=O)c1ccc(Cl)c(C(F)(F)F)c1)C(C)CO2. The minimum absolute atomic E-state index is 0.0141. The van der Waals surface area contributed by atoms with E-state index in [9.17, 15) is 26.4 Å². The van der Waals surface area contributed by atoms with Crippen molar-refractivity contribution in [3.05, 3.63) is 75.4 Å². The standard InChI is InChI=1S/C23H20Cl2F3N3O4S/c1-12-4-3-5-19-21(12)31(13(2)11-35-19)22(32)20-18(8-14(24)10-29-20)30-36(33,34)15-6-7-17(25)16(9-15)23(26,27)28/h3,5-10,12-13,30H,4,11H2,1-2H3. The molecule has 2 aliphatic rings. The summed E-state index contributed by atoms with van der Waals surface area (Å²) in [5.74, 6) is -0.127. The molecule has 0 fully saturated rings. The zero-order chi connectivity index (χ0) is 26.4. The Kier molecular flexibility index (Phi) is 7.02. The Morgan fingerprint density at radius 2 is 1.94 bits per heavy atom. The summed E-state index contributed by atoms with van der Waals surface area (Å²) in [6.07, 6.45) is 0.693. The lowest BCUT2D eigenvalue weighted by Gasteiger charge is -2.40. The third-order valence-electron chi connectivity index (χ3n) is 5.73. The Balaban J connectivity index is 1.75. The molecule has 1 aliphatic carbocycles. The third kappa shape index (κ3) is 5.05. The van der Waals surface area contributed by atoms with Crippen LogP contribution >= 0.6 is 23.2 Å². The first kappa shape index (κ1) is 26.3. The highest BCUT2D eigenvalue weighted by atomic mass is 35.5. The van der Waals surface area contributed by atoms with E-state index in [2.05, 4.69) is 9.71 Å². The van der Waals surface area contributed by atoms with Crippen molar-refractivity contribution in [3.8, 4) is 0 Å². The summed E-state index contributed by atoms with van der Waals surface area (Å²) in [5, 5.41) is -0.636. The maximum atomic E-state index is 13.7. The quantitative estimate of drug-likeness (QED) is 0.503. The molecule has 0 saturated heterocycles. The molecule has 0 spiro atoms. The number of hydrogen-bond acceptors (Lipinski definition) is 5. The summed E-state index contributed by atoms with van der Waals surface area (Å²) in [4.78, 5) is 18.6. The molecule has 192 valence electrons. The fraction of sp³-hybridized carbons (Fsp3) is 0.304. The van der Waals surface area contributed by atoms with Gasteiger partial charge in [-0.2, -0.15) is 13.2 Å². The number of aromatic nitrogens is 1. The van der Waals surface area contributed by atoms with E-state index in [0.29, 0.717) is 23.9 Å². The number of sulfonamides is 1. The van der Waals surface area contributed by atoms with E-state index in [1.165, 1.54) is 17.2 Å². The molecule has 4 rings (SSSR count). The van der Waals surface area contributed by atoms with Crippen molar-refractivity contribution in [1.82, 2.24) is 9.88 Å². The second kappa shape index (κ2) is 9.60. The highest BCUT2D eigenvalue weighted by molar-refractivity contribution is 7.92. The number of alkyl halides is 3. The molecule has 7 nitrogen and oxygen atoms in total. The maximum Gasteiger partial charge on any atom is 0.417 e. The summed E-state index contributed by atoms with van der Waals surface area (Å²) < 4.78 is 73.9. The van der Waals surface area contributed by atoms with Crippen LogP contribution in [0.5, 0.6) is 0 Å². The Morgan fingerprint density at radius 1 is 1.22 bits per heavy atom. The summed E-state index contributed by atoms with van der Waals surface area (Å²) in [7, 11) is -4.59. The fourth-order valence-corrected chi connectivity index (χ4v) is 5.49. The molecule has 2 heterocycles. The lowest BCUT2D eigenvalue weighted by atomic mass is 9.94. The highest BCUT2D eigenvalue weighted by Crippen LogP contribution is 2.38. The first-order chi connectivity index (χ1) is 16.8. The zero-order valence-corrected chi connectivity index (χ0v) is 21.3. The van der Waals surface area contributed by atoms with E-state index in [1.54, 1.807) is 13.0 Å². The molecule has 1 aliphatic heterocycles. The predicted molar refractivity (Wildman–Crippen MR) is 128 cm³/mol. The third-order valence-corrected chi connectivity index (χ3v) is 7.63. The van der Waals surface area contributed by atoms with Crippen LogP contribution in [0.1, 0.15) is 36.3 Å². The first-order valence-electron chi connectivity index (χ1n) is 10.7. The van der Waals surface area contributed by atoms with Gasteiger partial charge >= 0.3 is 6.18 Å². The van der Waals surface area contributed by atoms with Crippen molar-refractivity contribution in [3.63, 3.8) is 0 Å². The second-order valence-corrected chi connectivity index (χ2v) is 10.9. The molecule has 0 bridgehead atoms. The molecular formula is C23H20Cl2F3N3O4S. The molecule has 36 heavy (non-hydrogen) atoms. The van der Waals surface area contributed by atoms with Crippen molar-refractivity contribution >= 4 is 44.8 Å². The monoisotopic (exact) mass is 561 g/mol. The number of anilines is 1. The van der Waals surface area contributed by atoms with Gasteiger partial charge in [0, 0.05) is 12.1 Å². The molecule has 1 aromatic carbocycles. The first-order valence-corrected chi connectivity index (χ1v) is 13.0. The van der Waals surface area contributed by atoms with Crippen LogP contribution in [-0.4, -0.2) is 36.9 Å². The fourth-order valence-electron chi connectivity index (χ4n) is 4.02. The van der Waals surface area contributed by atoms with Crippen LogP contribution in [0.3, 0.4) is 0 Å². The molecule has 2 atom stereocenters. The van der Waals surface area contributed by atoms with Crippen molar-refractivity contribution < 1.29 is 31.1 Å². The summed E-state index contributed by atoms with van der Waals surface area (Å²) in [5.41, 5.74) is -1.22. The molecule has 2 aromatic rings. The van der Waals surface area contributed by atoms with Crippen LogP contribution in [0.2, 0.25) is 10.0 Å². The minimum Gasteiger partial charge on any atom is -0.490 e. The predicted octanol–water partition coefficient (Wildman–Crippen LogP) is 5.88. The Labute approximate surface area is 215 Å². The number of carbonyl (C=O) groups is 1. The van der Waals surface area contributed by atoms with Crippen molar-refractivity contribution in [2.75, 3.05) is 11.3 Å². The largest absolute Gasteiger partial charge is 0.490 e. The van der Waals surface area contributed by atoms with Crippen LogP contribution in [0.15, 0.2) is 59.0 Å². The maximum absolute atomic E-state index is 13.7. The van der Waals surface area contributed by atoms with E-state index >= 15 is 0 Å². The van der Waals surface area contributed by atoms with Crippen LogP contribution < -0.4 is 4.72 Å². The number of amides is 1. The Hall–Kier alpha value is -2.76. The number of carbonyl (C=O) groups excluding carboxylic acids is 1. The number of rotatable bonds is 4. The molecule has 2 unspecified atom stereocenters. The molecule has 1 N–H and O–H groups in total. The number of hydrogen-bond donors (Lipinski definition) is 1. The van der Waals surface area contributed by atoms with Gasteiger partial charge in [-0.15, -0.1) is 0 Å². The van der Waals surface area contributed by atoms with Gasteiger partial charge in [-0.3, -0.25) is 9.52 Å². The van der Waals surface area contributed by atoms with Gasteiger partial charge in [0.1, 0.15) is 12.4 Å². The Bertz CT molecular complexity index is 1390. The molecule has 0 radical (unpaired) electrons. The van der Waals surface area contributed by atoms with Crippen LogP contribution in [0, 0.1) is 5.92 Å². The lowest BCUT2D eigenvalue weighted by Crippen LogP contribution is -2.46. The number of allylic oxidation sites excluding steroid dienone is 3. The van der Waals surface area contributed by atoms with Gasteiger partial charge < -0.3 is 9.64 Å². The van der Waals surface area contributed by atoms with Crippen molar-refractivity contribution in [2.45, 2.75) is 37.4 Å². The number of halogens is 5. The normalized spacial score (nSPS) is 20.1. The van der Waals surface area contributed by atoms with E-state index < -0.39 is 43.6 Å². The van der Waals surface area contributed by atoms with Gasteiger partial charge in [0.15, 0.2) is 5.69 Å². The van der Waals surface area contributed by atoms with Crippen molar-refractivity contribution in [2.24, 2.45) is 5.92 Å². The van der Waals surface area contributed by atoms with Crippen molar-refractivity contribution in [1.29, 1.82) is 0 Å². The van der Waals surface area contributed by atoms with Gasteiger partial charge in [-0.1, -0.05) is 36.2 Å². The highest BCUT2D eigenvalue weighted by Gasteiger charge is 2.38. The number of pyridine rings is 1. The average Bonchev–Trinajstić information content (AvgIpc) is 2.78. The van der Waals surface area contributed by atoms with Gasteiger partial charge in [-0.05, 0) is 43.7 Å². The van der Waals surface area contributed by atoms with Crippen LogP contribution in [0.4, 0.5) is 18.9 Å². The Morgan fingerprint density at radius 3 is 2.64 bits per heavy atom. The second-order valence-electron chi connectivity index (χ2n) is 8.42. The molecular weight excluding hydrogens is 542 g/mol. The number of nitrogens with zero attached hydrogens (tertiary/aromatic N) is 2. The van der Waals surface area contributed by atoms with Gasteiger partial charge in [-0.25, -0.2) is 13.4 Å². The minimum atomic E-state index is -4.87. The van der Waals surface area contributed by atoms with Gasteiger partial charge in [0.2, 0.25) is 0 Å². The lowest BCUT2D eigenvalue weighted by molar-refractivity contribution is -0.137. The molecule has 0 saturated carbocycles. The number of ether oxygens (including phenoxy) is 1. The van der Waals surface area contributed by atoms with E-state index in [4.69, 9.17) is 27.9 Å². The topological polar surface area (TPSA) is 88.6 Å². The molecule has 1 aromatic heterocycles. The number of benzene rings is 1. The number of nitrogens with one attached hydrogen (secondary N) is 1. The molecule has 1 amide bonds. The summed E-state index contributed by atoms with van der Waals surface area (Å²) in [6, 6.07) is 2.96. The van der Waals surface area contributed by atoms with Gasteiger partial charge in [0.05, 0.1) is 37.9 Å². The summed E-state index contributed by atoms with van der Waals surface area (Å²) >= 11 is 11.6. The van der Waals surface area contributed by atoms with Gasteiger partial charge in [0.25, 0.3) is 15.9 Å². The van der Waals surface area contributed by atoms with E-state index in [0.717, 1.165) is 12.1 Å². The smallest absolute Gasteiger partial charge is 0.417 e. The summed E-state index contributed by atoms with van der Waals surface area (Å²) in [6.45, 7) is 3.92. The zero-order valence-electron chi connectivity index (χ0n) is 18.9. The van der Waals surface area contributed by atoms with E-state index in [1.807, 2.05) is 13.0 Å². The van der Waals surface area contributed by atoms with Crippen LogP contribution in [-0.2, 0) is 20.9 Å². The average molecular weight is 562 g/mol. The van der Waals surface area contributed by atoms with E-state index in [-0.39, 0.29) is 28.9 Å². The van der Waals surface area contributed by atoms with Crippen LogP contribution in [0.25, 0.3) is 0 Å².